The standard InChI is InChI=1S/C14H25N3O2/c1-2-3-4-5-6-7-9-17-14(18)11-13(12-16-17)19-10-8-15/h11-12H,2-10,15H2,1H3. The Morgan fingerprint density at radius 2 is 2.00 bits per heavy atom. The number of rotatable bonds is 10. The summed E-state index contributed by atoms with van der Waals surface area (Å²) in [5.41, 5.74) is 5.22. The molecule has 0 aliphatic heterocycles. The minimum Gasteiger partial charge on any atom is -0.490 e. The van der Waals surface area contributed by atoms with E-state index < -0.39 is 0 Å². The summed E-state index contributed by atoms with van der Waals surface area (Å²) in [5, 5.41) is 4.10. The molecule has 0 bridgehead atoms. The Bertz CT molecular complexity index is 404. The lowest BCUT2D eigenvalue weighted by atomic mass is 10.1. The van der Waals surface area contributed by atoms with Crippen LogP contribution in [0.4, 0.5) is 0 Å². The van der Waals surface area contributed by atoms with Crippen molar-refractivity contribution >= 4 is 0 Å². The van der Waals surface area contributed by atoms with Crippen LogP contribution in [0.15, 0.2) is 17.1 Å². The van der Waals surface area contributed by atoms with Crippen LogP contribution in [0.2, 0.25) is 0 Å². The molecule has 2 N–H and O–H groups in total. The van der Waals surface area contributed by atoms with E-state index >= 15 is 0 Å². The van der Waals surface area contributed by atoms with Gasteiger partial charge >= 0.3 is 0 Å². The fraction of sp³-hybridized carbons (Fsp3) is 0.714. The molecule has 19 heavy (non-hydrogen) atoms. The Morgan fingerprint density at radius 3 is 2.68 bits per heavy atom. The van der Waals surface area contributed by atoms with E-state index in [2.05, 4.69) is 12.0 Å². The molecule has 5 nitrogen and oxygen atoms in total. The Balaban J connectivity index is 2.32. The van der Waals surface area contributed by atoms with E-state index in [0.29, 0.717) is 25.4 Å². The van der Waals surface area contributed by atoms with Gasteiger partial charge in [0.2, 0.25) is 0 Å². The molecule has 0 atom stereocenters. The summed E-state index contributed by atoms with van der Waals surface area (Å²) in [4.78, 5) is 11.8. The highest BCUT2D eigenvalue weighted by Crippen LogP contribution is 2.06. The maximum atomic E-state index is 11.8. The molecule has 0 aliphatic carbocycles. The van der Waals surface area contributed by atoms with E-state index in [-0.39, 0.29) is 5.56 Å². The highest BCUT2D eigenvalue weighted by atomic mass is 16.5. The molecule has 1 aromatic heterocycles. The lowest BCUT2D eigenvalue weighted by Crippen LogP contribution is -2.22. The van der Waals surface area contributed by atoms with Crippen LogP contribution < -0.4 is 16.0 Å². The summed E-state index contributed by atoms with van der Waals surface area (Å²) in [6.07, 6.45) is 8.80. The lowest BCUT2D eigenvalue weighted by molar-refractivity contribution is 0.323. The molecule has 108 valence electrons. The van der Waals surface area contributed by atoms with Crippen LogP contribution in [-0.2, 0) is 6.54 Å². The molecule has 0 saturated heterocycles. The van der Waals surface area contributed by atoms with Crippen molar-refractivity contribution in [2.75, 3.05) is 13.2 Å². The number of ether oxygens (including phenoxy) is 1. The van der Waals surface area contributed by atoms with Gasteiger partial charge in [-0.3, -0.25) is 4.79 Å². The van der Waals surface area contributed by atoms with Gasteiger partial charge in [-0.15, -0.1) is 0 Å². The molecule has 0 radical (unpaired) electrons. The maximum Gasteiger partial charge on any atom is 0.270 e. The number of nitrogens with zero attached hydrogens (tertiary/aromatic N) is 2. The van der Waals surface area contributed by atoms with Crippen molar-refractivity contribution in [1.82, 2.24) is 9.78 Å². The number of aromatic nitrogens is 2. The quantitative estimate of drug-likeness (QED) is 0.658. The van der Waals surface area contributed by atoms with Gasteiger partial charge in [-0.05, 0) is 6.42 Å². The van der Waals surface area contributed by atoms with Gasteiger partial charge in [0.25, 0.3) is 5.56 Å². The van der Waals surface area contributed by atoms with Crippen molar-refractivity contribution in [3.05, 3.63) is 22.6 Å². The third kappa shape index (κ3) is 6.38. The first-order chi connectivity index (χ1) is 9.27. The lowest BCUT2D eigenvalue weighted by Gasteiger charge is -2.07. The normalized spacial score (nSPS) is 10.6. The molecular formula is C14H25N3O2. The van der Waals surface area contributed by atoms with Gasteiger partial charge in [-0.25, -0.2) is 4.68 Å². The summed E-state index contributed by atoms with van der Waals surface area (Å²) in [6.45, 7) is 3.73. The third-order valence-corrected chi connectivity index (χ3v) is 2.95. The predicted molar refractivity (Wildman–Crippen MR) is 76.4 cm³/mol. The summed E-state index contributed by atoms with van der Waals surface area (Å²) >= 11 is 0. The van der Waals surface area contributed by atoms with Gasteiger partial charge in [0.15, 0.2) is 0 Å². The molecule has 0 spiro atoms. The summed E-state index contributed by atoms with van der Waals surface area (Å²) in [6, 6.07) is 1.47. The molecule has 0 fully saturated rings. The Morgan fingerprint density at radius 1 is 1.26 bits per heavy atom. The molecule has 1 aromatic rings. The second-order valence-electron chi connectivity index (χ2n) is 4.66. The molecule has 0 aliphatic rings. The maximum absolute atomic E-state index is 11.8. The number of unbranched alkanes of at least 4 members (excludes halogenated alkanes) is 5. The molecular weight excluding hydrogens is 242 g/mol. The highest BCUT2D eigenvalue weighted by molar-refractivity contribution is 5.13. The number of hydrogen-bond donors (Lipinski definition) is 1. The van der Waals surface area contributed by atoms with Crippen LogP contribution >= 0.6 is 0 Å². The van der Waals surface area contributed by atoms with Gasteiger partial charge in [0.1, 0.15) is 12.4 Å². The van der Waals surface area contributed by atoms with Crippen molar-refractivity contribution < 1.29 is 4.74 Å². The van der Waals surface area contributed by atoms with Gasteiger partial charge in [0.05, 0.1) is 6.20 Å². The van der Waals surface area contributed by atoms with E-state index in [9.17, 15) is 4.79 Å². The van der Waals surface area contributed by atoms with Crippen molar-refractivity contribution in [2.45, 2.75) is 52.0 Å². The van der Waals surface area contributed by atoms with Crippen molar-refractivity contribution in [1.29, 1.82) is 0 Å². The van der Waals surface area contributed by atoms with Gasteiger partial charge in [-0.1, -0.05) is 39.0 Å². The van der Waals surface area contributed by atoms with E-state index in [1.165, 1.54) is 36.4 Å². The zero-order valence-corrected chi connectivity index (χ0v) is 11.8. The number of hydrogen-bond acceptors (Lipinski definition) is 4. The SMILES string of the molecule is CCCCCCCCn1ncc(OCCN)cc1=O. The van der Waals surface area contributed by atoms with Gasteiger partial charge in [0, 0.05) is 19.2 Å². The van der Waals surface area contributed by atoms with Crippen LogP contribution in [0.3, 0.4) is 0 Å². The first kappa shape index (κ1) is 15.7. The van der Waals surface area contributed by atoms with Crippen LogP contribution in [0.1, 0.15) is 45.4 Å². The monoisotopic (exact) mass is 267 g/mol. The van der Waals surface area contributed by atoms with Crippen molar-refractivity contribution in [3.8, 4) is 5.75 Å². The van der Waals surface area contributed by atoms with E-state index in [1.54, 1.807) is 6.20 Å². The molecule has 0 aromatic carbocycles. The van der Waals surface area contributed by atoms with E-state index in [0.717, 1.165) is 12.8 Å². The largest absolute Gasteiger partial charge is 0.490 e. The highest BCUT2D eigenvalue weighted by Gasteiger charge is 2.00. The fourth-order valence-corrected chi connectivity index (χ4v) is 1.88. The molecule has 0 unspecified atom stereocenters. The zero-order valence-electron chi connectivity index (χ0n) is 11.8. The fourth-order valence-electron chi connectivity index (χ4n) is 1.88. The minimum atomic E-state index is -0.108. The minimum absolute atomic E-state index is 0.108. The Kier molecular flexibility index (Phi) is 7.89. The first-order valence-corrected chi connectivity index (χ1v) is 7.18. The smallest absolute Gasteiger partial charge is 0.270 e. The predicted octanol–water partition coefficient (Wildman–Crippen LogP) is 1.94. The molecule has 0 amide bonds. The average molecular weight is 267 g/mol. The topological polar surface area (TPSA) is 70.1 Å². The van der Waals surface area contributed by atoms with Crippen LogP contribution in [0.5, 0.6) is 5.75 Å². The average Bonchev–Trinajstić information content (AvgIpc) is 2.42. The molecule has 0 saturated carbocycles. The second-order valence-corrected chi connectivity index (χ2v) is 4.66. The number of nitrogens with two attached hydrogens (primary N) is 1. The summed E-state index contributed by atoms with van der Waals surface area (Å²) in [7, 11) is 0. The number of aryl methyl sites for hydroxylation is 1. The summed E-state index contributed by atoms with van der Waals surface area (Å²) in [5.74, 6) is 0.495. The molecule has 1 heterocycles. The van der Waals surface area contributed by atoms with E-state index in [4.69, 9.17) is 10.5 Å². The zero-order chi connectivity index (χ0) is 13.9. The van der Waals surface area contributed by atoms with Crippen molar-refractivity contribution in [3.63, 3.8) is 0 Å². The Hall–Kier alpha value is -1.36. The van der Waals surface area contributed by atoms with Crippen LogP contribution in [-0.4, -0.2) is 22.9 Å². The van der Waals surface area contributed by atoms with Crippen molar-refractivity contribution in [2.24, 2.45) is 5.73 Å². The van der Waals surface area contributed by atoms with E-state index in [1.807, 2.05) is 0 Å². The first-order valence-electron chi connectivity index (χ1n) is 7.18. The van der Waals surface area contributed by atoms with Gasteiger partial charge < -0.3 is 10.5 Å². The second kappa shape index (κ2) is 9.55. The van der Waals surface area contributed by atoms with Crippen LogP contribution in [0.25, 0.3) is 0 Å². The summed E-state index contributed by atoms with van der Waals surface area (Å²) < 4.78 is 6.76. The Labute approximate surface area is 114 Å². The molecule has 5 heteroatoms. The van der Waals surface area contributed by atoms with Gasteiger partial charge in [-0.2, -0.15) is 5.10 Å². The third-order valence-electron chi connectivity index (χ3n) is 2.95. The van der Waals surface area contributed by atoms with Crippen LogP contribution in [0, 0.1) is 0 Å². The molecule has 1 rings (SSSR count).